The molecule has 1 heterocycles. The lowest BCUT2D eigenvalue weighted by Gasteiger charge is -2.40. The maximum Gasteiger partial charge on any atom is 0.0574 e. The van der Waals surface area contributed by atoms with Gasteiger partial charge in [-0.05, 0) is 30.0 Å². The molecule has 0 aliphatic carbocycles. The van der Waals surface area contributed by atoms with E-state index in [9.17, 15) is 0 Å². The van der Waals surface area contributed by atoms with Crippen molar-refractivity contribution in [2.24, 2.45) is 11.1 Å². The fraction of sp³-hybridized carbons (Fsp3) is 0.538. The summed E-state index contributed by atoms with van der Waals surface area (Å²) in [6.07, 6.45) is 0. The highest BCUT2D eigenvalue weighted by Gasteiger charge is 2.36. The van der Waals surface area contributed by atoms with Crippen molar-refractivity contribution in [2.45, 2.75) is 11.8 Å². The van der Waals surface area contributed by atoms with Crippen LogP contribution in [0.2, 0.25) is 0 Å². The molecule has 1 aromatic rings. The summed E-state index contributed by atoms with van der Waals surface area (Å²) in [6.45, 7) is 5.30. The zero-order valence-corrected chi connectivity index (χ0v) is 11.1. The molecule has 1 aromatic carbocycles. The zero-order chi connectivity index (χ0) is 12.1. The standard InChI is InChI=1S/C13H20N2OS/c1-2-17-12-5-3-11(4-6-12)15-8-13(7-14)9-16-10-13/h3-6,15H,2,7-10,14H2,1H3. The number of benzene rings is 1. The van der Waals surface area contributed by atoms with Crippen molar-refractivity contribution in [3.05, 3.63) is 24.3 Å². The third-order valence-electron chi connectivity index (χ3n) is 3.08. The summed E-state index contributed by atoms with van der Waals surface area (Å²) in [7, 11) is 0. The van der Waals surface area contributed by atoms with Gasteiger partial charge in [0, 0.05) is 29.1 Å². The van der Waals surface area contributed by atoms with Gasteiger partial charge in [-0.2, -0.15) is 0 Å². The second kappa shape index (κ2) is 5.76. The van der Waals surface area contributed by atoms with E-state index in [1.165, 1.54) is 4.90 Å². The molecule has 0 spiro atoms. The second-order valence-corrected chi connectivity index (χ2v) is 5.85. The number of rotatable bonds is 6. The molecule has 0 radical (unpaired) electrons. The van der Waals surface area contributed by atoms with Gasteiger partial charge in [0.15, 0.2) is 0 Å². The predicted molar refractivity (Wildman–Crippen MR) is 73.6 cm³/mol. The molecule has 1 aliphatic heterocycles. The Morgan fingerprint density at radius 3 is 2.53 bits per heavy atom. The van der Waals surface area contributed by atoms with Crippen molar-refractivity contribution in [3.63, 3.8) is 0 Å². The molecule has 0 atom stereocenters. The van der Waals surface area contributed by atoms with E-state index < -0.39 is 0 Å². The molecule has 0 bridgehead atoms. The van der Waals surface area contributed by atoms with Gasteiger partial charge in [-0.15, -0.1) is 11.8 Å². The number of nitrogens with one attached hydrogen (secondary N) is 1. The SMILES string of the molecule is CCSc1ccc(NCC2(CN)COC2)cc1. The first-order chi connectivity index (χ1) is 8.28. The van der Waals surface area contributed by atoms with E-state index in [2.05, 4.69) is 36.5 Å². The number of hydrogen-bond acceptors (Lipinski definition) is 4. The lowest BCUT2D eigenvalue weighted by atomic mass is 9.86. The highest BCUT2D eigenvalue weighted by Crippen LogP contribution is 2.27. The van der Waals surface area contributed by atoms with E-state index in [4.69, 9.17) is 10.5 Å². The normalized spacial score (nSPS) is 17.5. The Morgan fingerprint density at radius 1 is 1.35 bits per heavy atom. The van der Waals surface area contributed by atoms with Crippen LogP contribution in [0.5, 0.6) is 0 Å². The fourth-order valence-corrected chi connectivity index (χ4v) is 2.47. The smallest absolute Gasteiger partial charge is 0.0574 e. The third-order valence-corrected chi connectivity index (χ3v) is 3.98. The van der Waals surface area contributed by atoms with E-state index in [1.807, 2.05) is 11.8 Å². The lowest BCUT2D eigenvalue weighted by Crippen LogP contribution is -2.52. The van der Waals surface area contributed by atoms with Crippen LogP contribution in [0.1, 0.15) is 6.92 Å². The first-order valence-electron chi connectivity index (χ1n) is 6.02. The molecule has 1 aliphatic rings. The summed E-state index contributed by atoms with van der Waals surface area (Å²) < 4.78 is 5.25. The minimum absolute atomic E-state index is 0.150. The van der Waals surface area contributed by atoms with Gasteiger partial charge in [0.25, 0.3) is 0 Å². The molecule has 4 heteroatoms. The van der Waals surface area contributed by atoms with Gasteiger partial charge in [-0.3, -0.25) is 0 Å². The van der Waals surface area contributed by atoms with Crippen molar-refractivity contribution in [1.82, 2.24) is 0 Å². The molecule has 0 amide bonds. The Hall–Kier alpha value is -0.710. The number of nitrogens with two attached hydrogens (primary N) is 1. The minimum atomic E-state index is 0.150. The van der Waals surface area contributed by atoms with E-state index >= 15 is 0 Å². The van der Waals surface area contributed by atoms with E-state index in [0.717, 1.165) is 31.2 Å². The Labute approximate surface area is 107 Å². The van der Waals surface area contributed by atoms with Gasteiger partial charge >= 0.3 is 0 Å². The van der Waals surface area contributed by atoms with Crippen molar-refractivity contribution in [2.75, 3.05) is 37.4 Å². The maximum absolute atomic E-state index is 5.77. The molecule has 1 saturated heterocycles. The predicted octanol–water partition coefficient (Wildman–Crippen LogP) is 2.19. The Bertz CT molecular complexity index is 343. The number of hydrogen-bond donors (Lipinski definition) is 2. The molecule has 1 fully saturated rings. The van der Waals surface area contributed by atoms with Crippen LogP contribution in [0.4, 0.5) is 5.69 Å². The van der Waals surface area contributed by atoms with Gasteiger partial charge in [0.05, 0.1) is 13.2 Å². The second-order valence-electron chi connectivity index (χ2n) is 4.51. The molecule has 0 aromatic heterocycles. The molecular formula is C13H20N2OS. The van der Waals surface area contributed by atoms with Gasteiger partial charge < -0.3 is 15.8 Å². The summed E-state index contributed by atoms with van der Waals surface area (Å²) in [6, 6.07) is 8.56. The highest BCUT2D eigenvalue weighted by molar-refractivity contribution is 7.99. The van der Waals surface area contributed by atoms with E-state index in [0.29, 0.717) is 6.54 Å². The average molecular weight is 252 g/mol. The van der Waals surface area contributed by atoms with Gasteiger partial charge in [0.2, 0.25) is 0 Å². The van der Waals surface area contributed by atoms with Gasteiger partial charge in [0.1, 0.15) is 0 Å². The fourth-order valence-electron chi connectivity index (χ4n) is 1.81. The Morgan fingerprint density at radius 2 is 2.06 bits per heavy atom. The highest BCUT2D eigenvalue weighted by atomic mass is 32.2. The molecule has 0 unspecified atom stereocenters. The van der Waals surface area contributed by atoms with Crippen molar-refractivity contribution in [3.8, 4) is 0 Å². The zero-order valence-electron chi connectivity index (χ0n) is 10.2. The van der Waals surface area contributed by atoms with Crippen LogP contribution in [0.15, 0.2) is 29.2 Å². The van der Waals surface area contributed by atoms with Crippen LogP contribution in [-0.2, 0) is 4.74 Å². The van der Waals surface area contributed by atoms with Crippen LogP contribution >= 0.6 is 11.8 Å². The largest absolute Gasteiger partial charge is 0.384 e. The molecule has 94 valence electrons. The van der Waals surface area contributed by atoms with Crippen molar-refractivity contribution < 1.29 is 4.74 Å². The topological polar surface area (TPSA) is 47.3 Å². The van der Waals surface area contributed by atoms with Crippen LogP contribution in [-0.4, -0.2) is 32.1 Å². The minimum Gasteiger partial charge on any atom is -0.384 e. The van der Waals surface area contributed by atoms with Crippen molar-refractivity contribution >= 4 is 17.4 Å². The van der Waals surface area contributed by atoms with E-state index in [-0.39, 0.29) is 5.41 Å². The van der Waals surface area contributed by atoms with E-state index in [1.54, 1.807) is 0 Å². The summed E-state index contributed by atoms with van der Waals surface area (Å²) in [5.41, 5.74) is 7.08. The summed E-state index contributed by atoms with van der Waals surface area (Å²) in [5.74, 6) is 1.11. The van der Waals surface area contributed by atoms with Crippen LogP contribution in [0.3, 0.4) is 0 Å². The molecule has 0 saturated carbocycles. The van der Waals surface area contributed by atoms with Crippen LogP contribution in [0, 0.1) is 5.41 Å². The Kier molecular flexibility index (Phi) is 4.31. The molecule has 2 rings (SSSR count). The Balaban J connectivity index is 1.86. The summed E-state index contributed by atoms with van der Waals surface area (Å²) in [5, 5.41) is 3.44. The average Bonchev–Trinajstić information content (AvgIpc) is 2.31. The number of thioether (sulfide) groups is 1. The number of anilines is 1. The molecule has 3 N–H and O–H groups in total. The first-order valence-corrected chi connectivity index (χ1v) is 7.01. The monoisotopic (exact) mass is 252 g/mol. The summed E-state index contributed by atoms with van der Waals surface area (Å²) >= 11 is 1.86. The van der Waals surface area contributed by atoms with Gasteiger partial charge in [-0.25, -0.2) is 0 Å². The third kappa shape index (κ3) is 3.15. The maximum atomic E-state index is 5.77. The van der Waals surface area contributed by atoms with Crippen LogP contribution < -0.4 is 11.1 Å². The summed E-state index contributed by atoms with van der Waals surface area (Å²) in [4.78, 5) is 1.32. The molecule has 3 nitrogen and oxygen atoms in total. The lowest BCUT2D eigenvalue weighted by molar-refractivity contribution is -0.0979. The van der Waals surface area contributed by atoms with Gasteiger partial charge in [-0.1, -0.05) is 6.92 Å². The quantitative estimate of drug-likeness (QED) is 0.762. The number of ether oxygens (including phenoxy) is 1. The molecule has 17 heavy (non-hydrogen) atoms. The van der Waals surface area contributed by atoms with Crippen molar-refractivity contribution in [1.29, 1.82) is 0 Å². The molecular weight excluding hydrogens is 232 g/mol. The van der Waals surface area contributed by atoms with Crippen LogP contribution in [0.25, 0.3) is 0 Å². The first kappa shape index (κ1) is 12.7.